The van der Waals surface area contributed by atoms with Crippen LogP contribution in [0.1, 0.15) is 19.8 Å². The molecule has 5 heteroatoms. The first-order valence-electron chi connectivity index (χ1n) is 6.08. The zero-order chi connectivity index (χ0) is 14.1. The highest BCUT2D eigenvalue weighted by atomic mass is 16.5. The van der Waals surface area contributed by atoms with Crippen molar-refractivity contribution in [3.63, 3.8) is 0 Å². The molecule has 1 atom stereocenters. The number of benzene rings is 1. The summed E-state index contributed by atoms with van der Waals surface area (Å²) in [6.45, 7) is 1.87. The number of nitrogens with zero attached hydrogens (tertiary/aromatic N) is 1. The molecule has 19 heavy (non-hydrogen) atoms. The number of rotatable bonds is 7. The molecule has 1 aromatic carbocycles. The van der Waals surface area contributed by atoms with E-state index in [-0.39, 0.29) is 18.6 Å². The molecular weight excluding hydrogens is 244 g/mol. The number of ether oxygens (including phenoxy) is 2. The second-order valence-corrected chi connectivity index (χ2v) is 4.08. The van der Waals surface area contributed by atoms with E-state index in [9.17, 15) is 4.79 Å². The van der Waals surface area contributed by atoms with Gasteiger partial charge in [-0.3, -0.25) is 4.79 Å². The van der Waals surface area contributed by atoms with Crippen LogP contribution in [0.3, 0.4) is 0 Å². The van der Waals surface area contributed by atoms with Crippen LogP contribution in [-0.2, 0) is 9.53 Å². The Morgan fingerprint density at radius 2 is 2.21 bits per heavy atom. The summed E-state index contributed by atoms with van der Waals surface area (Å²) in [6.07, 6.45) is 1.08. The first kappa shape index (κ1) is 15.0. The van der Waals surface area contributed by atoms with E-state index in [1.165, 1.54) is 0 Å². The fourth-order valence-electron chi connectivity index (χ4n) is 1.47. The summed E-state index contributed by atoms with van der Waals surface area (Å²) in [5, 5.41) is 11.3. The van der Waals surface area contributed by atoms with Crippen molar-refractivity contribution in [2.45, 2.75) is 25.9 Å². The van der Waals surface area contributed by atoms with Crippen molar-refractivity contribution in [2.24, 2.45) is 0 Å². The van der Waals surface area contributed by atoms with E-state index in [1.807, 2.05) is 13.0 Å². The molecule has 0 saturated carbocycles. The molecule has 0 aliphatic rings. The molecule has 0 aliphatic carbocycles. The van der Waals surface area contributed by atoms with E-state index in [4.69, 9.17) is 14.7 Å². The van der Waals surface area contributed by atoms with Crippen LogP contribution in [0.2, 0.25) is 0 Å². The smallest absolute Gasteiger partial charge is 0.224 e. The number of hydrogen-bond acceptors (Lipinski definition) is 4. The third kappa shape index (κ3) is 5.40. The Labute approximate surface area is 113 Å². The number of hydrogen-bond donors (Lipinski definition) is 1. The predicted octanol–water partition coefficient (Wildman–Crippen LogP) is 2.34. The van der Waals surface area contributed by atoms with E-state index < -0.39 is 0 Å². The highest BCUT2D eigenvalue weighted by molar-refractivity contribution is 5.92. The maximum absolute atomic E-state index is 11.8. The number of nitrogens with one attached hydrogen (secondary N) is 1. The van der Waals surface area contributed by atoms with Crippen molar-refractivity contribution in [1.29, 1.82) is 5.26 Å². The lowest BCUT2D eigenvalue weighted by atomic mass is 10.2. The number of carbonyl (C=O) groups excluding carboxylic acids is 1. The Bertz CT molecular complexity index is 454. The Morgan fingerprint density at radius 3 is 2.89 bits per heavy atom. The van der Waals surface area contributed by atoms with Crippen molar-refractivity contribution in [3.05, 3.63) is 24.3 Å². The van der Waals surface area contributed by atoms with Gasteiger partial charge in [-0.15, -0.1) is 0 Å². The average Bonchev–Trinajstić information content (AvgIpc) is 2.43. The first-order chi connectivity index (χ1) is 9.17. The Morgan fingerprint density at radius 1 is 1.47 bits per heavy atom. The molecule has 0 radical (unpaired) electrons. The van der Waals surface area contributed by atoms with E-state index in [0.29, 0.717) is 24.3 Å². The number of amides is 1. The highest BCUT2D eigenvalue weighted by Crippen LogP contribution is 2.23. The van der Waals surface area contributed by atoms with E-state index >= 15 is 0 Å². The van der Waals surface area contributed by atoms with Gasteiger partial charge in [0.1, 0.15) is 11.8 Å². The van der Waals surface area contributed by atoms with Gasteiger partial charge in [-0.05, 0) is 25.5 Å². The third-order valence-corrected chi connectivity index (χ3v) is 2.63. The predicted molar refractivity (Wildman–Crippen MR) is 71.9 cm³/mol. The lowest BCUT2D eigenvalue weighted by Crippen LogP contribution is -2.15. The molecule has 1 unspecified atom stereocenters. The minimum atomic E-state index is -0.100. The van der Waals surface area contributed by atoms with Crippen molar-refractivity contribution in [2.75, 3.05) is 19.0 Å². The second kappa shape index (κ2) is 8.11. The number of methoxy groups -OCH3 is 1. The Kier molecular flexibility index (Phi) is 6.41. The van der Waals surface area contributed by atoms with Gasteiger partial charge in [0.05, 0.1) is 11.8 Å². The maximum Gasteiger partial charge on any atom is 0.224 e. The van der Waals surface area contributed by atoms with Crippen LogP contribution in [0.4, 0.5) is 5.69 Å². The molecule has 102 valence electrons. The molecule has 0 heterocycles. The number of para-hydroxylation sites is 2. The minimum Gasteiger partial charge on any atom is -0.477 e. The molecule has 5 nitrogen and oxygen atoms in total. The SMILES string of the molecule is COC(C)CCC(=O)Nc1ccccc1OCC#N. The molecule has 0 bridgehead atoms. The molecule has 1 aromatic rings. The molecule has 0 saturated heterocycles. The normalized spacial score (nSPS) is 11.4. The molecular formula is C14H18N2O3. The van der Waals surface area contributed by atoms with Gasteiger partial charge >= 0.3 is 0 Å². The first-order valence-corrected chi connectivity index (χ1v) is 6.08. The lowest BCUT2D eigenvalue weighted by Gasteiger charge is -2.12. The quantitative estimate of drug-likeness (QED) is 0.818. The zero-order valence-electron chi connectivity index (χ0n) is 11.2. The van der Waals surface area contributed by atoms with Gasteiger partial charge in [-0.1, -0.05) is 12.1 Å². The zero-order valence-corrected chi connectivity index (χ0v) is 11.2. The summed E-state index contributed by atoms with van der Waals surface area (Å²) in [5.41, 5.74) is 0.577. The monoisotopic (exact) mass is 262 g/mol. The fourth-order valence-corrected chi connectivity index (χ4v) is 1.47. The van der Waals surface area contributed by atoms with E-state index in [0.717, 1.165) is 0 Å². The van der Waals surface area contributed by atoms with E-state index in [1.54, 1.807) is 31.4 Å². The van der Waals surface area contributed by atoms with Gasteiger partial charge in [-0.2, -0.15) is 5.26 Å². The molecule has 1 rings (SSSR count). The summed E-state index contributed by atoms with van der Waals surface area (Å²) >= 11 is 0. The topological polar surface area (TPSA) is 71.3 Å². The van der Waals surface area contributed by atoms with Crippen LogP contribution in [0.15, 0.2) is 24.3 Å². The van der Waals surface area contributed by atoms with Gasteiger partial charge < -0.3 is 14.8 Å². The van der Waals surface area contributed by atoms with Gasteiger partial charge in [-0.25, -0.2) is 0 Å². The van der Waals surface area contributed by atoms with Crippen molar-refractivity contribution in [1.82, 2.24) is 0 Å². The Balaban J connectivity index is 2.56. The number of anilines is 1. The number of nitriles is 1. The minimum absolute atomic E-state index is 0.0480. The van der Waals surface area contributed by atoms with Crippen LogP contribution < -0.4 is 10.1 Å². The lowest BCUT2D eigenvalue weighted by molar-refractivity contribution is -0.116. The summed E-state index contributed by atoms with van der Waals surface area (Å²) in [6, 6.07) is 8.93. The molecule has 0 spiro atoms. The highest BCUT2D eigenvalue weighted by Gasteiger charge is 2.09. The van der Waals surface area contributed by atoms with Crippen LogP contribution in [-0.4, -0.2) is 25.7 Å². The largest absolute Gasteiger partial charge is 0.477 e. The molecule has 1 N–H and O–H groups in total. The van der Waals surface area contributed by atoms with Crippen LogP contribution in [0.25, 0.3) is 0 Å². The standard InChI is InChI=1S/C14H18N2O3/c1-11(18-2)7-8-14(17)16-12-5-3-4-6-13(12)19-10-9-15/h3-6,11H,7-8,10H2,1-2H3,(H,16,17). The van der Waals surface area contributed by atoms with E-state index in [2.05, 4.69) is 5.32 Å². The van der Waals surface area contributed by atoms with Gasteiger partial charge in [0.25, 0.3) is 0 Å². The summed E-state index contributed by atoms with van der Waals surface area (Å²) in [5.74, 6) is 0.397. The number of carbonyl (C=O) groups is 1. The molecule has 0 aliphatic heterocycles. The molecule has 1 amide bonds. The fraction of sp³-hybridized carbons (Fsp3) is 0.429. The summed E-state index contributed by atoms with van der Waals surface area (Å²) < 4.78 is 10.3. The van der Waals surface area contributed by atoms with Crippen molar-refractivity contribution < 1.29 is 14.3 Å². The second-order valence-electron chi connectivity index (χ2n) is 4.08. The third-order valence-electron chi connectivity index (χ3n) is 2.63. The average molecular weight is 262 g/mol. The van der Waals surface area contributed by atoms with Crippen LogP contribution >= 0.6 is 0 Å². The Hall–Kier alpha value is -2.06. The summed E-state index contributed by atoms with van der Waals surface area (Å²) in [4.78, 5) is 11.8. The van der Waals surface area contributed by atoms with Gasteiger partial charge in [0, 0.05) is 13.5 Å². The van der Waals surface area contributed by atoms with Crippen LogP contribution in [0, 0.1) is 11.3 Å². The van der Waals surface area contributed by atoms with Crippen LogP contribution in [0.5, 0.6) is 5.75 Å². The maximum atomic E-state index is 11.8. The van der Waals surface area contributed by atoms with Crippen molar-refractivity contribution >= 4 is 11.6 Å². The van der Waals surface area contributed by atoms with Gasteiger partial charge in [0.2, 0.25) is 5.91 Å². The molecule has 0 aromatic heterocycles. The van der Waals surface area contributed by atoms with Gasteiger partial charge in [0.15, 0.2) is 6.61 Å². The van der Waals surface area contributed by atoms with Crippen molar-refractivity contribution in [3.8, 4) is 11.8 Å². The summed E-state index contributed by atoms with van der Waals surface area (Å²) in [7, 11) is 1.62. The molecule has 0 fully saturated rings.